The number of ether oxygens (including phenoxy) is 1. The number of aliphatic hydroxyl groups is 2. The molecule has 0 aromatic carbocycles. The van der Waals surface area contributed by atoms with Crippen molar-refractivity contribution in [1.29, 1.82) is 5.26 Å². The van der Waals surface area contributed by atoms with E-state index < -0.39 is 6.10 Å². The van der Waals surface area contributed by atoms with Crippen molar-refractivity contribution in [3.63, 3.8) is 0 Å². The number of hydrogen-bond acceptors (Lipinski definition) is 4. The van der Waals surface area contributed by atoms with E-state index in [1.165, 1.54) is 0 Å². The molecule has 2 N–H and O–H groups in total. The summed E-state index contributed by atoms with van der Waals surface area (Å²) in [5, 5.41) is 25.0. The van der Waals surface area contributed by atoms with Crippen LogP contribution in [0, 0.1) is 11.3 Å². The number of nitriles is 1. The second-order valence-electron chi connectivity index (χ2n) is 1.82. The van der Waals surface area contributed by atoms with E-state index in [2.05, 4.69) is 0 Å². The summed E-state index contributed by atoms with van der Waals surface area (Å²) in [4.78, 5) is 0. The van der Waals surface area contributed by atoms with Gasteiger partial charge in [0.2, 0.25) is 0 Å². The molecule has 0 amide bonds. The zero-order valence-electron chi connectivity index (χ0n) is 5.66. The van der Waals surface area contributed by atoms with Crippen LogP contribution in [0.15, 0.2) is 0 Å². The molecule has 0 bridgehead atoms. The van der Waals surface area contributed by atoms with E-state index in [0.717, 1.165) is 0 Å². The van der Waals surface area contributed by atoms with Crippen molar-refractivity contribution >= 4 is 0 Å². The van der Waals surface area contributed by atoms with E-state index in [4.69, 9.17) is 20.2 Å². The first-order valence-electron chi connectivity index (χ1n) is 3.05. The van der Waals surface area contributed by atoms with Gasteiger partial charge in [0, 0.05) is 0 Å². The summed E-state index contributed by atoms with van der Waals surface area (Å²) in [6, 6.07) is 1.89. The Hall–Kier alpha value is -0.630. The lowest BCUT2D eigenvalue weighted by Crippen LogP contribution is -2.19. The highest BCUT2D eigenvalue weighted by Gasteiger charge is 1.99. The van der Waals surface area contributed by atoms with Crippen molar-refractivity contribution in [3.8, 4) is 6.07 Å². The molecule has 0 saturated carbocycles. The van der Waals surface area contributed by atoms with Gasteiger partial charge < -0.3 is 14.9 Å². The first-order chi connectivity index (χ1) is 4.81. The molecule has 1 atom stereocenters. The maximum atomic E-state index is 8.70. The molecule has 0 spiro atoms. The molecule has 0 fully saturated rings. The van der Waals surface area contributed by atoms with E-state index in [0.29, 0.717) is 13.0 Å². The van der Waals surface area contributed by atoms with Crippen LogP contribution in [0.2, 0.25) is 0 Å². The maximum Gasteiger partial charge on any atom is 0.100 e. The Balaban J connectivity index is 2.98. The van der Waals surface area contributed by atoms with E-state index >= 15 is 0 Å². The predicted octanol–water partition coefficient (Wildman–Crippen LogP) is -0.730. The van der Waals surface area contributed by atoms with Crippen LogP contribution in [-0.2, 0) is 4.74 Å². The van der Waals surface area contributed by atoms with Crippen LogP contribution >= 0.6 is 0 Å². The first kappa shape index (κ1) is 9.37. The summed E-state index contributed by atoms with van der Waals surface area (Å²) in [6.07, 6.45) is -0.503. The number of hydrogen-bond donors (Lipinski definition) is 2. The molecule has 0 aliphatic rings. The highest BCUT2D eigenvalue weighted by molar-refractivity contribution is 4.67. The molecule has 58 valence electrons. The molecular weight excluding hydrogens is 134 g/mol. The van der Waals surface area contributed by atoms with Crippen molar-refractivity contribution < 1.29 is 14.9 Å². The van der Waals surface area contributed by atoms with Crippen LogP contribution in [-0.4, -0.2) is 36.1 Å². The molecule has 0 aliphatic carbocycles. The Morgan fingerprint density at radius 1 is 1.60 bits per heavy atom. The third kappa shape index (κ3) is 5.51. The smallest absolute Gasteiger partial charge is 0.100 e. The lowest BCUT2D eigenvalue weighted by atomic mass is 10.4. The minimum atomic E-state index is -0.821. The third-order valence-electron chi connectivity index (χ3n) is 0.879. The molecular formula is C6H11NO3. The quantitative estimate of drug-likeness (QED) is 0.500. The van der Waals surface area contributed by atoms with E-state index in [-0.39, 0.29) is 13.2 Å². The van der Waals surface area contributed by atoms with Gasteiger partial charge in [0.05, 0.1) is 32.3 Å². The van der Waals surface area contributed by atoms with Gasteiger partial charge in [-0.15, -0.1) is 0 Å². The molecule has 0 aromatic heterocycles. The average Bonchev–Trinajstić information content (AvgIpc) is 1.98. The lowest BCUT2D eigenvalue weighted by Gasteiger charge is -2.05. The van der Waals surface area contributed by atoms with Crippen LogP contribution in [0.1, 0.15) is 6.42 Å². The fraction of sp³-hybridized carbons (Fsp3) is 0.833. The van der Waals surface area contributed by atoms with Crippen molar-refractivity contribution in [2.75, 3.05) is 19.8 Å². The summed E-state index contributed by atoms with van der Waals surface area (Å²) >= 11 is 0. The monoisotopic (exact) mass is 145 g/mol. The molecule has 4 heteroatoms. The van der Waals surface area contributed by atoms with Gasteiger partial charge in [-0.3, -0.25) is 0 Å². The zero-order chi connectivity index (χ0) is 7.82. The Morgan fingerprint density at radius 3 is 2.80 bits per heavy atom. The fourth-order valence-corrected chi connectivity index (χ4v) is 0.390. The summed E-state index contributed by atoms with van der Waals surface area (Å²) in [5.41, 5.74) is 0. The third-order valence-corrected chi connectivity index (χ3v) is 0.879. The number of rotatable bonds is 5. The van der Waals surface area contributed by atoms with Crippen molar-refractivity contribution in [3.05, 3.63) is 0 Å². The Kier molecular flexibility index (Phi) is 6.08. The van der Waals surface area contributed by atoms with Crippen LogP contribution < -0.4 is 0 Å². The van der Waals surface area contributed by atoms with Crippen molar-refractivity contribution in [1.82, 2.24) is 0 Å². The molecule has 4 nitrogen and oxygen atoms in total. The van der Waals surface area contributed by atoms with E-state index in [1.54, 1.807) is 0 Å². The first-order valence-corrected chi connectivity index (χ1v) is 3.05. The summed E-state index contributed by atoms with van der Waals surface area (Å²) in [5.74, 6) is 0. The van der Waals surface area contributed by atoms with Gasteiger partial charge in [0.1, 0.15) is 6.10 Å². The molecule has 0 aromatic rings. The second-order valence-corrected chi connectivity index (χ2v) is 1.82. The molecule has 0 rings (SSSR count). The summed E-state index contributed by atoms with van der Waals surface area (Å²) in [7, 11) is 0. The summed E-state index contributed by atoms with van der Waals surface area (Å²) < 4.78 is 4.79. The zero-order valence-corrected chi connectivity index (χ0v) is 5.66. The maximum absolute atomic E-state index is 8.70. The van der Waals surface area contributed by atoms with Crippen molar-refractivity contribution in [2.24, 2.45) is 0 Å². The van der Waals surface area contributed by atoms with Gasteiger partial charge in [-0.25, -0.2) is 0 Å². The van der Waals surface area contributed by atoms with Crippen LogP contribution in [0.4, 0.5) is 0 Å². The minimum Gasteiger partial charge on any atom is -0.394 e. The summed E-state index contributed by atoms with van der Waals surface area (Å²) in [6.45, 7) is 0.109. The molecule has 1 unspecified atom stereocenters. The van der Waals surface area contributed by atoms with Crippen molar-refractivity contribution in [2.45, 2.75) is 12.5 Å². The predicted molar refractivity (Wildman–Crippen MR) is 34.1 cm³/mol. The largest absolute Gasteiger partial charge is 0.394 e. The highest BCUT2D eigenvalue weighted by atomic mass is 16.5. The number of nitrogens with zero attached hydrogens (tertiary/aromatic N) is 1. The van der Waals surface area contributed by atoms with Gasteiger partial charge in [-0.05, 0) is 0 Å². The average molecular weight is 145 g/mol. The van der Waals surface area contributed by atoms with Crippen LogP contribution in [0.5, 0.6) is 0 Å². The van der Waals surface area contributed by atoms with Gasteiger partial charge in [0.15, 0.2) is 0 Å². The van der Waals surface area contributed by atoms with Gasteiger partial charge in [0.25, 0.3) is 0 Å². The topological polar surface area (TPSA) is 73.5 Å². The Labute approximate surface area is 59.7 Å². The molecule has 0 saturated heterocycles. The standard InChI is InChI=1S/C6H11NO3/c7-2-1-3-10-5-6(9)4-8/h6,8-9H,1,3-5H2. The minimum absolute atomic E-state index is 0.0954. The molecule has 0 heterocycles. The lowest BCUT2D eigenvalue weighted by molar-refractivity contribution is 0.00796. The Bertz CT molecular complexity index is 110. The van der Waals surface area contributed by atoms with Crippen LogP contribution in [0.25, 0.3) is 0 Å². The second kappa shape index (κ2) is 6.49. The molecule has 10 heavy (non-hydrogen) atoms. The molecule has 0 aliphatic heterocycles. The van der Waals surface area contributed by atoms with E-state index in [1.807, 2.05) is 6.07 Å². The van der Waals surface area contributed by atoms with Gasteiger partial charge in [-0.1, -0.05) is 0 Å². The Morgan fingerprint density at radius 2 is 2.30 bits per heavy atom. The fourth-order valence-electron chi connectivity index (χ4n) is 0.390. The van der Waals surface area contributed by atoms with Gasteiger partial charge >= 0.3 is 0 Å². The SMILES string of the molecule is N#CCCOCC(O)CO. The van der Waals surface area contributed by atoms with Crippen LogP contribution in [0.3, 0.4) is 0 Å². The normalized spacial score (nSPS) is 12.5. The van der Waals surface area contributed by atoms with Gasteiger partial charge in [-0.2, -0.15) is 5.26 Å². The molecule has 0 radical (unpaired) electrons. The number of aliphatic hydroxyl groups excluding tert-OH is 2. The van der Waals surface area contributed by atoms with E-state index in [9.17, 15) is 0 Å². The highest BCUT2D eigenvalue weighted by Crippen LogP contribution is 1.85.